The Labute approximate surface area is 186 Å². The number of aliphatic hydroxyl groups excluding tert-OH is 1. The number of hydrogen-bond acceptors (Lipinski definition) is 3. The first-order chi connectivity index (χ1) is 14.5. The normalized spacial score (nSPS) is 11.5. The van der Waals surface area contributed by atoms with Gasteiger partial charge in [0.2, 0.25) is 0 Å². The minimum Gasteiger partial charge on any atom is -0.396 e. The summed E-state index contributed by atoms with van der Waals surface area (Å²) in [7, 11) is 0. The van der Waals surface area contributed by atoms with E-state index in [1.165, 1.54) is 10.6 Å². The molecule has 0 atom stereocenters. The van der Waals surface area contributed by atoms with Gasteiger partial charge in [0.15, 0.2) is 5.82 Å². The summed E-state index contributed by atoms with van der Waals surface area (Å²) in [6, 6.07) is 8.09. The van der Waals surface area contributed by atoms with Crippen LogP contribution in [0.15, 0.2) is 52.5 Å². The molecule has 0 aliphatic carbocycles. The summed E-state index contributed by atoms with van der Waals surface area (Å²) in [5.74, 6) is -1.04. The molecular weight excluding hydrogens is 451 g/mol. The van der Waals surface area contributed by atoms with E-state index in [9.17, 15) is 4.39 Å². The molecule has 0 radical (unpaired) electrons. The number of hydrogen-bond donors (Lipinski definition) is 1. The predicted octanol–water partition coefficient (Wildman–Crippen LogP) is 6.12. The SMILES string of the molecule is CCn1cc(-n2c(Cl)c(Sc3cccc(CCO)c3F)c3ccc(Cl)c(F)c32)cn1. The van der Waals surface area contributed by atoms with Gasteiger partial charge in [-0.1, -0.05) is 47.1 Å². The number of benzene rings is 2. The number of aromatic nitrogens is 3. The second-order valence-electron chi connectivity index (χ2n) is 6.57. The van der Waals surface area contributed by atoms with E-state index in [1.54, 1.807) is 41.3 Å². The molecule has 9 heteroatoms. The van der Waals surface area contributed by atoms with Gasteiger partial charge in [-0.15, -0.1) is 0 Å². The van der Waals surface area contributed by atoms with Gasteiger partial charge in [-0.05, 0) is 37.1 Å². The maximum Gasteiger partial charge on any atom is 0.166 e. The smallest absolute Gasteiger partial charge is 0.166 e. The molecular formula is C21H17Cl2F2N3OS. The minimum absolute atomic E-state index is 0.0338. The Morgan fingerprint density at radius 2 is 1.93 bits per heavy atom. The first kappa shape index (κ1) is 21.2. The number of rotatable bonds is 6. The molecule has 2 aromatic carbocycles. The summed E-state index contributed by atoms with van der Waals surface area (Å²) < 4.78 is 33.2. The highest BCUT2D eigenvalue weighted by Gasteiger charge is 2.24. The minimum atomic E-state index is -0.610. The van der Waals surface area contributed by atoms with Crippen LogP contribution in [0.5, 0.6) is 0 Å². The van der Waals surface area contributed by atoms with Crippen molar-refractivity contribution in [3.63, 3.8) is 0 Å². The fourth-order valence-corrected chi connectivity index (χ4v) is 4.88. The molecule has 0 saturated heterocycles. The van der Waals surface area contributed by atoms with Crippen molar-refractivity contribution < 1.29 is 13.9 Å². The van der Waals surface area contributed by atoms with Gasteiger partial charge in [0.25, 0.3) is 0 Å². The standard InChI is InChI=1S/C21H17Cl2F2N3OS/c1-2-27-11-13(10-26-27)28-19-14(6-7-15(22)18(19)25)20(21(28)23)30-16-5-3-4-12(8-9-29)17(16)24/h3-7,10-11,29H,2,8-9H2,1H3. The van der Waals surface area contributed by atoms with Gasteiger partial charge in [0.1, 0.15) is 11.0 Å². The Bertz CT molecular complexity index is 1240. The van der Waals surface area contributed by atoms with Crippen LogP contribution in [0.3, 0.4) is 0 Å². The highest BCUT2D eigenvalue weighted by Crippen LogP contribution is 2.45. The molecule has 4 aromatic rings. The van der Waals surface area contributed by atoms with Crippen LogP contribution in [0, 0.1) is 11.6 Å². The van der Waals surface area contributed by atoms with Gasteiger partial charge in [0, 0.05) is 29.6 Å². The second-order valence-corrected chi connectivity index (χ2v) is 8.39. The van der Waals surface area contributed by atoms with E-state index < -0.39 is 11.6 Å². The van der Waals surface area contributed by atoms with E-state index >= 15 is 4.39 Å². The van der Waals surface area contributed by atoms with Crippen molar-refractivity contribution in [3.05, 3.63) is 70.1 Å². The molecule has 2 heterocycles. The predicted molar refractivity (Wildman–Crippen MR) is 116 cm³/mol. The molecule has 0 fully saturated rings. The molecule has 0 aliphatic rings. The van der Waals surface area contributed by atoms with Crippen molar-refractivity contribution in [1.29, 1.82) is 0 Å². The number of nitrogens with zero attached hydrogens (tertiary/aromatic N) is 3. The van der Waals surface area contributed by atoms with Crippen LogP contribution in [0.1, 0.15) is 12.5 Å². The summed E-state index contributed by atoms with van der Waals surface area (Å²) in [5.41, 5.74) is 1.19. The van der Waals surface area contributed by atoms with Gasteiger partial charge >= 0.3 is 0 Å². The van der Waals surface area contributed by atoms with Crippen LogP contribution in [0.4, 0.5) is 8.78 Å². The summed E-state index contributed by atoms with van der Waals surface area (Å²) in [5, 5.41) is 14.1. The van der Waals surface area contributed by atoms with Gasteiger partial charge in [-0.25, -0.2) is 8.78 Å². The largest absolute Gasteiger partial charge is 0.396 e. The molecule has 4 nitrogen and oxygen atoms in total. The molecule has 156 valence electrons. The third-order valence-electron chi connectivity index (χ3n) is 4.76. The lowest BCUT2D eigenvalue weighted by Gasteiger charge is -2.07. The molecule has 0 unspecified atom stereocenters. The van der Waals surface area contributed by atoms with Crippen molar-refractivity contribution in [2.45, 2.75) is 29.7 Å². The van der Waals surface area contributed by atoms with Crippen LogP contribution in [0.25, 0.3) is 16.6 Å². The molecule has 0 aliphatic heterocycles. The van der Waals surface area contributed by atoms with Gasteiger partial charge < -0.3 is 5.11 Å². The molecule has 4 rings (SSSR count). The second kappa shape index (κ2) is 8.59. The van der Waals surface area contributed by atoms with E-state index in [-0.39, 0.29) is 28.7 Å². The van der Waals surface area contributed by atoms with Crippen LogP contribution in [0.2, 0.25) is 10.2 Å². The summed E-state index contributed by atoms with van der Waals surface area (Å²) in [4.78, 5) is 0.841. The van der Waals surface area contributed by atoms with E-state index in [0.717, 1.165) is 11.8 Å². The lowest BCUT2D eigenvalue weighted by Crippen LogP contribution is -1.96. The monoisotopic (exact) mass is 467 g/mol. The van der Waals surface area contributed by atoms with E-state index in [0.29, 0.717) is 33.0 Å². The zero-order valence-corrected chi connectivity index (χ0v) is 18.2. The number of fused-ring (bicyclic) bond motifs is 1. The lowest BCUT2D eigenvalue weighted by atomic mass is 10.1. The Morgan fingerprint density at radius 1 is 1.13 bits per heavy atom. The highest BCUT2D eigenvalue weighted by molar-refractivity contribution is 7.99. The van der Waals surface area contributed by atoms with E-state index in [1.807, 2.05) is 6.92 Å². The number of halogens is 4. The maximum absolute atomic E-state index is 15.1. The van der Waals surface area contributed by atoms with Gasteiger partial charge in [0.05, 0.1) is 27.3 Å². The zero-order valence-electron chi connectivity index (χ0n) is 15.9. The molecule has 0 amide bonds. The molecule has 0 spiro atoms. The van der Waals surface area contributed by atoms with Crippen molar-refractivity contribution in [3.8, 4) is 5.69 Å². The van der Waals surface area contributed by atoms with Gasteiger partial charge in [-0.2, -0.15) is 5.10 Å². The Balaban J connectivity index is 1.93. The fraction of sp³-hybridized carbons (Fsp3) is 0.190. The maximum atomic E-state index is 15.1. The van der Waals surface area contributed by atoms with Crippen molar-refractivity contribution >= 4 is 45.9 Å². The summed E-state index contributed by atoms with van der Waals surface area (Å²) in [6.07, 6.45) is 3.55. The Morgan fingerprint density at radius 3 is 2.63 bits per heavy atom. The fourth-order valence-electron chi connectivity index (χ4n) is 3.29. The van der Waals surface area contributed by atoms with Gasteiger partial charge in [-0.3, -0.25) is 9.25 Å². The first-order valence-electron chi connectivity index (χ1n) is 9.23. The van der Waals surface area contributed by atoms with Crippen LogP contribution in [-0.4, -0.2) is 26.1 Å². The van der Waals surface area contributed by atoms with Crippen LogP contribution in [-0.2, 0) is 13.0 Å². The molecule has 2 aromatic heterocycles. The third-order valence-corrected chi connectivity index (χ3v) is 6.67. The van der Waals surface area contributed by atoms with Crippen molar-refractivity contribution in [2.75, 3.05) is 6.61 Å². The molecule has 1 N–H and O–H groups in total. The van der Waals surface area contributed by atoms with E-state index in [2.05, 4.69) is 5.10 Å². The van der Waals surface area contributed by atoms with Crippen molar-refractivity contribution in [2.24, 2.45) is 0 Å². The van der Waals surface area contributed by atoms with Crippen LogP contribution < -0.4 is 0 Å². The topological polar surface area (TPSA) is 43.0 Å². The number of aliphatic hydroxyl groups is 1. The molecule has 0 saturated carbocycles. The zero-order chi connectivity index (χ0) is 21.4. The quantitative estimate of drug-likeness (QED) is 0.371. The Hall–Kier alpha value is -2.06. The number of aryl methyl sites for hydroxylation is 1. The summed E-state index contributed by atoms with van der Waals surface area (Å²) in [6.45, 7) is 2.42. The third kappa shape index (κ3) is 3.60. The van der Waals surface area contributed by atoms with Crippen molar-refractivity contribution in [1.82, 2.24) is 14.3 Å². The van der Waals surface area contributed by atoms with Crippen LogP contribution >= 0.6 is 35.0 Å². The molecule has 0 bridgehead atoms. The highest BCUT2D eigenvalue weighted by atomic mass is 35.5. The average Bonchev–Trinajstić information content (AvgIpc) is 3.31. The lowest BCUT2D eigenvalue weighted by molar-refractivity contribution is 0.297. The summed E-state index contributed by atoms with van der Waals surface area (Å²) >= 11 is 13.8. The average molecular weight is 468 g/mol. The molecule has 30 heavy (non-hydrogen) atoms. The van der Waals surface area contributed by atoms with E-state index in [4.69, 9.17) is 28.3 Å². The Kier molecular flexibility index (Phi) is 6.06. The first-order valence-corrected chi connectivity index (χ1v) is 10.8.